The van der Waals surface area contributed by atoms with Crippen LogP contribution < -0.4 is 0 Å². The molecule has 0 radical (unpaired) electrons. The molecule has 0 aromatic carbocycles. The molecule has 0 N–H and O–H groups in total. The highest BCUT2D eigenvalue weighted by molar-refractivity contribution is 7.99. The number of hydrogen-bond acceptors (Lipinski definition) is 8. The second-order valence-electron chi connectivity index (χ2n) is 5.89. The van der Waals surface area contributed by atoms with E-state index < -0.39 is 17.9 Å². The Balaban J connectivity index is 2.19. The van der Waals surface area contributed by atoms with Crippen LogP contribution in [0.5, 0.6) is 0 Å². The van der Waals surface area contributed by atoms with Crippen molar-refractivity contribution >= 4 is 40.8 Å². The van der Waals surface area contributed by atoms with Crippen molar-refractivity contribution < 1.29 is 19.1 Å². The van der Waals surface area contributed by atoms with E-state index in [1.165, 1.54) is 17.1 Å². The first-order chi connectivity index (χ1) is 12.4. The van der Waals surface area contributed by atoms with Gasteiger partial charge in [0.1, 0.15) is 11.0 Å². The molecule has 0 bridgehead atoms. The Labute approximate surface area is 160 Å². The number of aromatic nitrogens is 1. The molecule has 2 rings (SSSR count). The molecule has 26 heavy (non-hydrogen) atoms. The second-order valence-corrected chi connectivity index (χ2v) is 7.78. The quantitative estimate of drug-likeness (QED) is 0.654. The van der Waals surface area contributed by atoms with E-state index >= 15 is 0 Å². The standard InChI is InChI=1S/C17H21N3O4S2/c1-4-10(3)16(22)20-9-25-8-13(20)14(21)11(6-18)15-19-12(7-26-15)17(23)24-5-2/h7,10-11,13H,4-5,8-9H2,1-3H3/t10-,11-,13-/m1/s1. The molecule has 1 saturated heterocycles. The smallest absolute Gasteiger partial charge is 0.357 e. The summed E-state index contributed by atoms with van der Waals surface area (Å²) in [6.45, 7) is 5.67. The van der Waals surface area contributed by atoms with Gasteiger partial charge < -0.3 is 9.64 Å². The van der Waals surface area contributed by atoms with Crippen LogP contribution in [0.3, 0.4) is 0 Å². The Hall–Kier alpha value is -1.92. The van der Waals surface area contributed by atoms with Gasteiger partial charge in [-0.05, 0) is 13.3 Å². The predicted molar refractivity (Wildman–Crippen MR) is 98.8 cm³/mol. The van der Waals surface area contributed by atoms with Gasteiger partial charge in [-0.1, -0.05) is 13.8 Å². The molecule has 1 aromatic heterocycles. The highest BCUT2D eigenvalue weighted by Gasteiger charge is 2.40. The number of thioether (sulfide) groups is 1. The van der Waals surface area contributed by atoms with E-state index in [0.717, 1.165) is 11.3 Å². The second kappa shape index (κ2) is 9.14. The van der Waals surface area contributed by atoms with Crippen molar-refractivity contribution in [3.63, 3.8) is 0 Å². The fraction of sp³-hybridized carbons (Fsp3) is 0.588. The third-order valence-electron chi connectivity index (χ3n) is 4.19. The lowest BCUT2D eigenvalue weighted by Crippen LogP contribution is -2.45. The molecule has 0 aliphatic carbocycles. The van der Waals surface area contributed by atoms with Crippen molar-refractivity contribution in [1.82, 2.24) is 9.88 Å². The first-order valence-corrected chi connectivity index (χ1v) is 10.4. The SMILES string of the molecule is CCOC(=O)c1csc([C@H](C#N)C(=O)[C@H]2CSCN2C(=O)[C@H](C)CC)n1. The number of thiazole rings is 1. The maximum absolute atomic E-state index is 12.9. The zero-order chi connectivity index (χ0) is 19.3. The van der Waals surface area contributed by atoms with E-state index in [0.29, 0.717) is 18.1 Å². The van der Waals surface area contributed by atoms with Gasteiger partial charge in [-0.3, -0.25) is 9.59 Å². The molecule has 9 heteroatoms. The van der Waals surface area contributed by atoms with Gasteiger partial charge in [0, 0.05) is 17.1 Å². The van der Waals surface area contributed by atoms with Crippen molar-refractivity contribution in [3.8, 4) is 6.07 Å². The molecule has 0 spiro atoms. The molecule has 1 fully saturated rings. The third-order valence-corrected chi connectivity index (χ3v) is 6.12. The molecule has 140 valence electrons. The van der Waals surface area contributed by atoms with E-state index in [2.05, 4.69) is 4.98 Å². The highest BCUT2D eigenvalue weighted by Crippen LogP contribution is 2.30. The number of rotatable bonds is 7. The lowest BCUT2D eigenvalue weighted by molar-refractivity contribution is -0.140. The zero-order valence-electron chi connectivity index (χ0n) is 14.9. The van der Waals surface area contributed by atoms with Crippen molar-refractivity contribution in [3.05, 3.63) is 16.1 Å². The highest BCUT2D eigenvalue weighted by atomic mass is 32.2. The van der Waals surface area contributed by atoms with Crippen LogP contribution >= 0.6 is 23.1 Å². The van der Waals surface area contributed by atoms with Crippen LogP contribution in [-0.2, 0) is 14.3 Å². The average Bonchev–Trinajstić information content (AvgIpc) is 3.30. The van der Waals surface area contributed by atoms with Crippen molar-refractivity contribution in [1.29, 1.82) is 5.26 Å². The molecule has 7 nitrogen and oxygen atoms in total. The molecule has 1 amide bonds. The normalized spacial score (nSPS) is 18.8. The number of amides is 1. The largest absolute Gasteiger partial charge is 0.461 e. The Kier molecular flexibility index (Phi) is 7.17. The number of esters is 1. The van der Waals surface area contributed by atoms with Gasteiger partial charge in [0.05, 0.1) is 18.6 Å². The number of nitriles is 1. The Morgan fingerprint density at radius 3 is 2.81 bits per heavy atom. The van der Waals surface area contributed by atoms with E-state index in [1.807, 2.05) is 19.9 Å². The van der Waals surface area contributed by atoms with Gasteiger partial charge in [0.15, 0.2) is 17.4 Å². The molecule has 1 aliphatic rings. The van der Waals surface area contributed by atoms with Crippen molar-refractivity contribution in [2.75, 3.05) is 18.2 Å². The molecular weight excluding hydrogens is 374 g/mol. The molecule has 1 aliphatic heterocycles. The number of nitrogens with zero attached hydrogens (tertiary/aromatic N) is 3. The summed E-state index contributed by atoms with van der Waals surface area (Å²) in [5.74, 6) is -1.35. The van der Waals surface area contributed by atoms with Gasteiger partial charge in [0.2, 0.25) is 5.91 Å². The van der Waals surface area contributed by atoms with Gasteiger partial charge in [-0.25, -0.2) is 9.78 Å². The summed E-state index contributed by atoms with van der Waals surface area (Å²) < 4.78 is 4.88. The van der Waals surface area contributed by atoms with Crippen LogP contribution in [0.25, 0.3) is 0 Å². The maximum Gasteiger partial charge on any atom is 0.357 e. The number of ketones is 1. The molecule has 2 heterocycles. The van der Waals surface area contributed by atoms with Crippen molar-refractivity contribution in [2.24, 2.45) is 5.92 Å². The molecule has 3 atom stereocenters. The van der Waals surface area contributed by atoms with Crippen LogP contribution in [0.2, 0.25) is 0 Å². The van der Waals surface area contributed by atoms with Crippen LogP contribution in [0, 0.1) is 17.2 Å². The number of hydrogen-bond donors (Lipinski definition) is 0. The average molecular weight is 396 g/mol. The summed E-state index contributed by atoms with van der Waals surface area (Å²) in [4.78, 5) is 42.8. The van der Waals surface area contributed by atoms with Gasteiger partial charge in [-0.15, -0.1) is 23.1 Å². The number of Topliss-reactive ketones (excluding diaryl/α,β-unsaturated/α-hetero) is 1. The van der Waals surface area contributed by atoms with E-state index in [9.17, 15) is 19.6 Å². The number of carbonyl (C=O) groups excluding carboxylic acids is 3. The summed E-state index contributed by atoms with van der Waals surface area (Å²) in [6, 6.07) is 1.34. The van der Waals surface area contributed by atoms with E-state index in [4.69, 9.17) is 4.74 Å². The lowest BCUT2D eigenvalue weighted by Gasteiger charge is -2.26. The molecule has 1 aromatic rings. The fourth-order valence-corrected chi connectivity index (χ4v) is 4.52. The lowest BCUT2D eigenvalue weighted by atomic mass is 9.98. The van der Waals surface area contributed by atoms with Crippen molar-refractivity contribution in [2.45, 2.75) is 39.2 Å². The third kappa shape index (κ3) is 4.24. The first-order valence-electron chi connectivity index (χ1n) is 8.38. The summed E-state index contributed by atoms with van der Waals surface area (Å²) in [5, 5.41) is 11.3. The van der Waals surface area contributed by atoms with Crippen LogP contribution in [0.15, 0.2) is 5.38 Å². The Bertz CT molecular complexity index is 728. The Morgan fingerprint density at radius 1 is 1.46 bits per heavy atom. The van der Waals surface area contributed by atoms with Crippen LogP contribution in [0.1, 0.15) is 48.6 Å². The summed E-state index contributed by atoms with van der Waals surface area (Å²) in [7, 11) is 0. The van der Waals surface area contributed by atoms with Gasteiger partial charge >= 0.3 is 5.97 Å². The first kappa shape index (κ1) is 20.4. The Morgan fingerprint density at radius 2 is 2.19 bits per heavy atom. The molecule has 0 unspecified atom stereocenters. The molecule has 0 saturated carbocycles. The number of ether oxygens (including phenoxy) is 1. The summed E-state index contributed by atoms with van der Waals surface area (Å²) in [5.41, 5.74) is 0.0910. The molecular formula is C17H21N3O4S2. The van der Waals surface area contributed by atoms with Crippen LogP contribution in [-0.4, -0.2) is 51.8 Å². The topological polar surface area (TPSA) is 100 Å². The van der Waals surface area contributed by atoms with E-state index in [-0.39, 0.29) is 34.9 Å². The van der Waals surface area contributed by atoms with E-state index in [1.54, 1.807) is 11.8 Å². The van der Waals surface area contributed by atoms with Gasteiger partial charge in [-0.2, -0.15) is 5.26 Å². The minimum absolute atomic E-state index is 0.0705. The summed E-state index contributed by atoms with van der Waals surface area (Å²) in [6.07, 6.45) is 0.692. The monoisotopic (exact) mass is 395 g/mol. The maximum atomic E-state index is 12.9. The summed E-state index contributed by atoms with van der Waals surface area (Å²) >= 11 is 2.58. The minimum atomic E-state index is -1.10. The van der Waals surface area contributed by atoms with Gasteiger partial charge in [0.25, 0.3) is 0 Å². The fourth-order valence-electron chi connectivity index (χ4n) is 2.51. The predicted octanol–water partition coefficient (Wildman–Crippen LogP) is 2.44. The zero-order valence-corrected chi connectivity index (χ0v) is 16.6. The van der Waals surface area contributed by atoms with Crippen LogP contribution in [0.4, 0.5) is 0 Å². The number of carbonyl (C=O) groups is 3. The minimum Gasteiger partial charge on any atom is -0.461 e.